The van der Waals surface area contributed by atoms with Crippen molar-refractivity contribution in [3.8, 4) is 0 Å². The SMILES string of the molecule is Cc1cc(C(=O)N[C@H](C(=O)O)[C@@H](C)O)ccc1N. The molecule has 5 N–H and O–H groups in total. The monoisotopic (exact) mass is 252 g/mol. The molecule has 0 spiro atoms. The molecule has 18 heavy (non-hydrogen) atoms. The molecule has 0 aliphatic heterocycles. The third-order valence-electron chi connectivity index (χ3n) is 2.57. The van der Waals surface area contributed by atoms with Crippen LogP contribution in [0.3, 0.4) is 0 Å². The Bertz CT molecular complexity index is 471. The molecule has 0 heterocycles. The number of carboxylic acids is 1. The highest BCUT2D eigenvalue weighted by Gasteiger charge is 2.25. The smallest absolute Gasteiger partial charge is 0.328 e. The highest BCUT2D eigenvalue weighted by atomic mass is 16.4. The summed E-state index contributed by atoms with van der Waals surface area (Å²) in [5, 5.41) is 20.4. The number of hydrogen-bond donors (Lipinski definition) is 4. The number of carbonyl (C=O) groups is 2. The van der Waals surface area contributed by atoms with Gasteiger partial charge in [-0.25, -0.2) is 4.79 Å². The van der Waals surface area contributed by atoms with E-state index in [9.17, 15) is 14.7 Å². The molecule has 1 aromatic rings. The maximum atomic E-state index is 11.8. The summed E-state index contributed by atoms with van der Waals surface area (Å²) >= 11 is 0. The van der Waals surface area contributed by atoms with Crippen LogP contribution < -0.4 is 11.1 Å². The first-order valence-corrected chi connectivity index (χ1v) is 5.40. The summed E-state index contributed by atoms with van der Waals surface area (Å²) in [7, 11) is 0. The van der Waals surface area contributed by atoms with Gasteiger partial charge in [0.1, 0.15) is 0 Å². The van der Waals surface area contributed by atoms with Crippen LogP contribution in [-0.4, -0.2) is 34.2 Å². The van der Waals surface area contributed by atoms with Crippen molar-refractivity contribution in [1.82, 2.24) is 5.32 Å². The van der Waals surface area contributed by atoms with E-state index in [2.05, 4.69) is 5.32 Å². The molecule has 0 aliphatic rings. The first kappa shape index (κ1) is 14.0. The number of nitrogens with two attached hydrogens (primary N) is 1. The molecule has 0 radical (unpaired) electrons. The van der Waals surface area contributed by atoms with E-state index in [1.807, 2.05) is 0 Å². The van der Waals surface area contributed by atoms with Gasteiger partial charge >= 0.3 is 5.97 Å². The van der Waals surface area contributed by atoms with Crippen LogP contribution in [0.5, 0.6) is 0 Å². The predicted octanol–water partition coefficient (Wildman–Crippen LogP) is 0.141. The average molecular weight is 252 g/mol. The molecule has 1 aromatic carbocycles. The zero-order valence-electron chi connectivity index (χ0n) is 10.2. The van der Waals surface area contributed by atoms with Crippen LogP contribution >= 0.6 is 0 Å². The minimum Gasteiger partial charge on any atom is -0.480 e. The van der Waals surface area contributed by atoms with Gasteiger partial charge in [-0.05, 0) is 37.6 Å². The molecule has 6 nitrogen and oxygen atoms in total. The summed E-state index contributed by atoms with van der Waals surface area (Å²) < 4.78 is 0. The number of aliphatic carboxylic acids is 1. The summed E-state index contributed by atoms with van der Waals surface area (Å²) in [6.07, 6.45) is -1.18. The normalized spacial score (nSPS) is 13.7. The van der Waals surface area contributed by atoms with Crippen LogP contribution in [0.25, 0.3) is 0 Å². The summed E-state index contributed by atoms with van der Waals surface area (Å²) in [6, 6.07) is 3.29. The Labute approximate surface area is 104 Å². The second-order valence-corrected chi connectivity index (χ2v) is 4.10. The maximum Gasteiger partial charge on any atom is 0.328 e. The van der Waals surface area contributed by atoms with Crippen molar-refractivity contribution in [3.63, 3.8) is 0 Å². The lowest BCUT2D eigenvalue weighted by atomic mass is 10.1. The predicted molar refractivity (Wildman–Crippen MR) is 66.2 cm³/mol. The number of anilines is 1. The fourth-order valence-electron chi connectivity index (χ4n) is 1.43. The van der Waals surface area contributed by atoms with E-state index in [0.717, 1.165) is 5.56 Å². The lowest BCUT2D eigenvalue weighted by Crippen LogP contribution is -2.47. The minimum atomic E-state index is -1.34. The average Bonchev–Trinajstić information content (AvgIpc) is 2.28. The van der Waals surface area contributed by atoms with Crippen molar-refractivity contribution in [2.45, 2.75) is 26.0 Å². The lowest BCUT2D eigenvalue weighted by molar-refractivity contribution is -0.141. The molecule has 0 saturated carbocycles. The Kier molecular flexibility index (Phi) is 4.28. The Morgan fingerprint density at radius 1 is 1.39 bits per heavy atom. The van der Waals surface area contributed by atoms with Crippen molar-refractivity contribution >= 4 is 17.6 Å². The summed E-state index contributed by atoms with van der Waals surface area (Å²) in [5.74, 6) is -1.85. The quantitative estimate of drug-likeness (QED) is 0.569. The fourth-order valence-corrected chi connectivity index (χ4v) is 1.43. The molecule has 0 bridgehead atoms. The van der Waals surface area contributed by atoms with E-state index < -0.39 is 24.0 Å². The number of aryl methyl sites for hydroxylation is 1. The van der Waals surface area contributed by atoms with Crippen LogP contribution in [-0.2, 0) is 4.79 Å². The summed E-state index contributed by atoms with van der Waals surface area (Å²) in [4.78, 5) is 22.6. The Morgan fingerprint density at radius 3 is 2.44 bits per heavy atom. The number of aliphatic hydroxyl groups is 1. The molecule has 98 valence electrons. The molecule has 0 aliphatic carbocycles. The number of carbonyl (C=O) groups excluding carboxylic acids is 1. The molecule has 1 amide bonds. The molecular weight excluding hydrogens is 236 g/mol. The van der Waals surface area contributed by atoms with Crippen LogP contribution in [0.4, 0.5) is 5.69 Å². The van der Waals surface area contributed by atoms with Crippen molar-refractivity contribution < 1.29 is 19.8 Å². The standard InChI is InChI=1S/C12H16N2O4/c1-6-5-8(3-4-9(6)13)11(16)14-10(7(2)15)12(17)18/h3-5,7,10,15H,13H2,1-2H3,(H,14,16)(H,17,18)/t7-,10+/m1/s1. The topological polar surface area (TPSA) is 113 Å². The largest absolute Gasteiger partial charge is 0.480 e. The third kappa shape index (κ3) is 3.21. The van der Waals surface area contributed by atoms with E-state index in [1.165, 1.54) is 13.0 Å². The van der Waals surface area contributed by atoms with Crippen LogP contribution in [0.15, 0.2) is 18.2 Å². The zero-order chi connectivity index (χ0) is 13.9. The van der Waals surface area contributed by atoms with Crippen molar-refractivity contribution in [2.75, 3.05) is 5.73 Å². The van der Waals surface area contributed by atoms with Crippen molar-refractivity contribution in [1.29, 1.82) is 0 Å². The molecule has 1 rings (SSSR count). The first-order chi connectivity index (χ1) is 8.32. The van der Waals surface area contributed by atoms with E-state index in [4.69, 9.17) is 10.8 Å². The van der Waals surface area contributed by atoms with E-state index in [-0.39, 0.29) is 0 Å². The van der Waals surface area contributed by atoms with Gasteiger partial charge in [0.2, 0.25) is 0 Å². The van der Waals surface area contributed by atoms with Gasteiger partial charge in [0, 0.05) is 11.3 Å². The molecule has 0 aromatic heterocycles. The Balaban J connectivity index is 2.87. The summed E-state index contributed by atoms with van der Waals surface area (Å²) in [6.45, 7) is 3.04. The number of aliphatic hydroxyl groups excluding tert-OH is 1. The molecule has 6 heteroatoms. The molecule has 0 saturated heterocycles. The molecular formula is C12H16N2O4. The van der Waals surface area contributed by atoms with Crippen molar-refractivity contribution in [3.05, 3.63) is 29.3 Å². The van der Waals surface area contributed by atoms with Gasteiger partial charge in [-0.3, -0.25) is 4.79 Å². The van der Waals surface area contributed by atoms with E-state index in [1.54, 1.807) is 19.1 Å². The number of nitrogen functional groups attached to an aromatic ring is 1. The second-order valence-electron chi connectivity index (χ2n) is 4.10. The van der Waals surface area contributed by atoms with Gasteiger partial charge < -0.3 is 21.3 Å². The number of benzene rings is 1. The fraction of sp³-hybridized carbons (Fsp3) is 0.333. The summed E-state index contributed by atoms with van der Waals surface area (Å²) in [5.41, 5.74) is 7.20. The van der Waals surface area contributed by atoms with Gasteiger partial charge in [0.15, 0.2) is 6.04 Å². The number of hydrogen-bond acceptors (Lipinski definition) is 4. The van der Waals surface area contributed by atoms with Crippen LogP contribution in [0.1, 0.15) is 22.8 Å². The van der Waals surface area contributed by atoms with E-state index in [0.29, 0.717) is 11.3 Å². The second kappa shape index (κ2) is 5.50. The molecule has 0 unspecified atom stereocenters. The number of rotatable bonds is 4. The number of amides is 1. The Morgan fingerprint density at radius 2 is 2.00 bits per heavy atom. The highest BCUT2D eigenvalue weighted by Crippen LogP contribution is 2.12. The van der Waals surface area contributed by atoms with Gasteiger partial charge in [0.25, 0.3) is 5.91 Å². The van der Waals surface area contributed by atoms with Crippen LogP contribution in [0, 0.1) is 6.92 Å². The lowest BCUT2D eigenvalue weighted by Gasteiger charge is -2.17. The molecule has 0 fully saturated rings. The van der Waals surface area contributed by atoms with E-state index >= 15 is 0 Å². The molecule has 2 atom stereocenters. The van der Waals surface area contributed by atoms with Gasteiger partial charge in [-0.15, -0.1) is 0 Å². The maximum absolute atomic E-state index is 11.8. The number of nitrogens with one attached hydrogen (secondary N) is 1. The zero-order valence-corrected chi connectivity index (χ0v) is 10.2. The van der Waals surface area contributed by atoms with Gasteiger partial charge in [-0.1, -0.05) is 0 Å². The minimum absolute atomic E-state index is 0.300. The first-order valence-electron chi connectivity index (χ1n) is 5.40. The number of carboxylic acid groups (broad SMARTS) is 1. The highest BCUT2D eigenvalue weighted by molar-refractivity contribution is 5.97. The van der Waals surface area contributed by atoms with Crippen LogP contribution in [0.2, 0.25) is 0 Å². The third-order valence-corrected chi connectivity index (χ3v) is 2.57. The van der Waals surface area contributed by atoms with Gasteiger partial charge in [0.05, 0.1) is 6.10 Å². The van der Waals surface area contributed by atoms with Gasteiger partial charge in [-0.2, -0.15) is 0 Å². The Hall–Kier alpha value is -2.08. The van der Waals surface area contributed by atoms with Crippen molar-refractivity contribution in [2.24, 2.45) is 0 Å².